The number of hydrogen-bond acceptors (Lipinski definition) is 4. The van der Waals surface area contributed by atoms with Gasteiger partial charge in [0.1, 0.15) is 11.0 Å². The van der Waals surface area contributed by atoms with Crippen LogP contribution in [-0.4, -0.2) is 21.5 Å². The Balaban J connectivity index is 2.91. The van der Waals surface area contributed by atoms with Crippen molar-refractivity contribution in [1.82, 2.24) is 14.9 Å². The van der Waals surface area contributed by atoms with Crippen LogP contribution in [-0.2, 0) is 11.3 Å². The van der Waals surface area contributed by atoms with Crippen molar-refractivity contribution in [3.63, 3.8) is 0 Å². The number of primary amides is 1. The number of nitrogens with zero attached hydrogens (tertiary/aromatic N) is 2. The Morgan fingerprint density at radius 3 is 2.81 bits per heavy atom. The van der Waals surface area contributed by atoms with E-state index in [4.69, 9.17) is 5.73 Å². The summed E-state index contributed by atoms with van der Waals surface area (Å²) in [5, 5.41) is 1.85. The fraction of sp³-hybridized carbons (Fsp3) is 0.250. The lowest BCUT2D eigenvalue weighted by molar-refractivity contribution is -0.120. The van der Waals surface area contributed by atoms with Crippen molar-refractivity contribution in [2.24, 2.45) is 5.73 Å². The highest BCUT2D eigenvalue weighted by molar-refractivity contribution is 9.10. The third-order valence-electron chi connectivity index (χ3n) is 1.73. The van der Waals surface area contributed by atoms with E-state index in [0.29, 0.717) is 5.69 Å². The van der Waals surface area contributed by atoms with Crippen molar-refractivity contribution >= 4 is 27.9 Å². The number of imide groups is 1. The van der Waals surface area contributed by atoms with Crippen LogP contribution in [0.15, 0.2) is 15.6 Å². The topological polar surface area (TPSA) is 107 Å². The SMILES string of the molecule is Cc1ncn(CC(=O)NC(N)=O)c(=O)c1Br. The molecule has 1 aromatic rings. The van der Waals surface area contributed by atoms with Crippen molar-refractivity contribution in [1.29, 1.82) is 0 Å². The maximum absolute atomic E-state index is 11.6. The van der Waals surface area contributed by atoms with E-state index in [-0.39, 0.29) is 11.0 Å². The number of carbonyl (C=O) groups is 2. The Kier molecular flexibility index (Phi) is 3.78. The number of carbonyl (C=O) groups excluding carboxylic acids is 2. The van der Waals surface area contributed by atoms with Gasteiger partial charge in [-0.05, 0) is 22.9 Å². The number of aromatic nitrogens is 2. The predicted octanol–water partition coefficient (Wildman–Crippen LogP) is -0.491. The van der Waals surface area contributed by atoms with Crippen molar-refractivity contribution in [2.45, 2.75) is 13.5 Å². The maximum atomic E-state index is 11.6. The molecule has 0 unspecified atom stereocenters. The molecular formula is C8H9BrN4O3. The molecule has 0 spiro atoms. The maximum Gasteiger partial charge on any atom is 0.318 e. The van der Waals surface area contributed by atoms with E-state index in [1.807, 2.05) is 5.32 Å². The minimum atomic E-state index is -0.961. The van der Waals surface area contributed by atoms with Gasteiger partial charge in [-0.2, -0.15) is 0 Å². The van der Waals surface area contributed by atoms with Crippen molar-refractivity contribution < 1.29 is 9.59 Å². The molecule has 0 aromatic carbocycles. The summed E-state index contributed by atoms with van der Waals surface area (Å²) in [6.45, 7) is 1.34. The molecule has 0 fully saturated rings. The molecule has 3 amide bonds. The van der Waals surface area contributed by atoms with Crippen LogP contribution in [0.1, 0.15) is 5.69 Å². The quantitative estimate of drug-likeness (QED) is 0.765. The van der Waals surface area contributed by atoms with Gasteiger partial charge in [-0.1, -0.05) is 0 Å². The number of hydrogen-bond donors (Lipinski definition) is 2. The van der Waals surface area contributed by atoms with Gasteiger partial charge in [0, 0.05) is 0 Å². The summed E-state index contributed by atoms with van der Waals surface area (Å²) in [6.07, 6.45) is 1.23. The monoisotopic (exact) mass is 288 g/mol. The first-order chi connectivity index (χ1) is 7.41. The van der Waals surface area contributed by atoms with Gasteiger partial charge in [-0.3, -0.25) is 19.5 Å². The third-order valence-corrected chi connectivity index (χ3v) is 2.65. The minimum Gasteiger partial charge on any atom is -0.351 e. The molecule has 1 aromatic heterocycles. The second kappa shape index (κ2) is 4.88. The summed E-state index contributed by atoms with van der Waals surface area (Å²) in [5.41, 5.74) is 4.88. The van der Waals surface area contributed by atoms with Gasteiger partial charge in [-0.25, -0.2) is 9.78 Å². The number of nitrogens with one attached hydrogen (secondary N) is 1. The summed E-state index contributed by atoms with van der Waals surface area (Å²) < 4.78 is 1.34. The highest BCUT2D eigenvalue weighted by Gasteiger charge is 2.09. The van der Waals surface area contributed by atoms with Crippen molar-refractivity contribution in [3.8, 4) is 0 Å². The average Bonchev–Trinajstić information content (AvgIpc) is 2.18. The molecule has 0 saturated carbocycles. The minimum absolute atomic E-state index is 0.280. The Morgan fingerprint density at radius 2 is 2.25 bits per heavy atom. The second-order valence-corrected chi connectivity index (χ2v) is 3.78. The summed E-state index contributed by atoms with van der Waals surface area (Å²) in [4.78, 5) is 37.0. The van der Waals surface area contributed by atoms with Gasteiger partial charge >= 0.3 is 6.03 Å². The molecule has 1 heterocycles. The molecule has 0 aliphatic carbocycles. The van der Waals surface area contributed by atoms with Gasteiger partial charge < -0.3 is 5.73 Å². The number of nitrogens with two attached hydrogens (primary N) is 1. The lowest BCUT2D eigenvalue weighted by atomic mass is 10.4. The lowest BCUT2D eigenvalue weighted by Crippen LogP contribution is -2.39. The Morgan fingerprint density at radius 1 is 1.62 bits per heavy atom. The molecule has 0 aliphatic rings. The standard InChI is InChI=1S/C8H9BrN4O3/c1-4-6(9)7(15)13(3-11-4)2-5(14)12-8(10)16/h3H,2H2,1H3,(H3,10,12,14,16). The van der Waals surface area contributed by atoms with Crippen molar-refractivity contribution in [3.05, 3.63) is 26.8 Å². The van der Waals surface area contributed by atoms with Gasteiger partial charge in [0.2, 0.25) is 5.91 Å². The molecule has 16 heavy (non-hydrogen) atoms. The zero-order valence-electron chi connectivity index (χ0n) is 8.36. The van der Waals surface area contributed by atoms with Gasteiger partial charge in [0.15, 0.2) is 0 Å². The molecule has 1 rings (SSSR count). The van der Waals surface area contributed by atoms with Crippen molar-refractivity contribution in [2.75, 3.05) is 0 Å². The van der Waals surface area contributed by atoms with Gasteiger partial charge in [0.05, 0.1) is 12.0 Å². The van der Waals surface area contributed by atoms with Crippen LogP contribution in [0, 0.1) is 6.92 Å². The summed E-state index contributed by atoms with van der Waals surface area (Å²) in [7, 11) is 0. The summed E-state index contributed by atoms with van der Waals surface area (Å²) >= 11 is 3.05. The first-order valence-corrected chi connectivity index (χ1v) is 5.02. The fourth-order valence-electron chi connectivity index (χ4n) is 0.991. The van der Waals surface area contributed by atoms with Crippen LogP contribution < -0.4 is 16.6 Å². The lowest BCUT2D eigenvalue weighted by Gasteiger charge is -2.05. The Labute approximate surface area is 98.8 Å². The van der Waals surface area contributed by atoms with Gasteiger partial charge in [0.25, 0.3) is 5.56 Å². The number of amides is 3. The van der Waals surface area contributed by atoms with E-state index < -0.39 is 17.5 Å². The zero-order valence-corrected chi connectivity index (χ0v) is 9.94. The van der Waals surface area contributed by atoms with E-state index in [0.717, 1.165) is 4.57 Å². The zero-order chi connectivity index (χ0) is 12.3. The molecular weight excluding hydrogens is 280 g/mol. The number of rotatable bonds is 2. The predicted molar refractivity (Wildman–Crippen MR) is 58.7 cm³/mol. The first kappa shape index (κ1) is 12.4. The highest BCUT2D eigenvalue weighted by Crippen LogP contribution is 2.05. The van der Waals surface area contributed by atoms with Crippen LogP contribution >= 0.6 is 15.9 Å². The van der Waals surface area contributed by atoms with Crippen LogP contribution in [0.25, 0.3) is 0 Å². The molecule has 0 aliphatic heterocycles. The summed E-state index contributed by atoms with van der Waals surface area (Å²) in [5.74, 6) is -0.674. The number of halogens is 1. The second-order valence-electron chi connectivity index (χ2n) is 2.99. The number of aryl methyl sites for hydroxylation is 1. The molecule has 3 N–H and O–H groups in total. The average molecular weight is 289 g/mol. The van der Waals surface area contributed by atoms with Crippen LogP contribution in [0.2, 0.25) is 0 Å². The van der Waals surface area contributed by atoms with Crippen LogP contribution in [0.3, 0.4) is 0 Å². The Bertz CT molecular complexity index is 497. The highest BCUT2D eigenvalue weighted by atomic mass is 79.9. The molecule has 0 bridgehead atoms. The normalized spacial score (nSPS) is 9.88. The molecule has 0 atom stereocenters. The van der Waals surface area contributed by atoms with Gasteiger partial charge in [-0.15, -0.1) is 0 Å². The summed E-state index contributed by atoms with van der Waals surface area (Å²) in [6, 6.07) is -0.961. The first-order valence-electron chi connectivity index (χ1n) is 4.22. The molecule has 0 saturated heterocycles. The van der Waals surface area contributed by atoms with Crippen LogP contribution in [0.5, 0.6) is 0 Å². The smallest absolute Gasteiger partial charge is 0.318 e. The molecule has 7 nitrogen and oxygen atoms in total. The fourth-order valence-corrected chi connectivity index (χ4v) is 1.32. The third kappa shape index (κ3) is 2.89. The van der Waals surface area contributed by atoms with E-state index in [1.54, 1.807) is 6.92 Å². The molecule has 0 radical (unpaired) electrons. The van der Waals surface area contributed by atoms with E-state index >= 15 is 0 Å². The Hall–Kier alpha value is -1.70. The van der Waals surface area contributed by atoms with E-state index in [2.05, 4.69) is 20.9 Å². The number of urea groups is 1. The van der Waals surface area contributed by atoms with E-state index in [1.165, 1.54) is 6.33 Å². The largest absolute Gasteiger partial charge is 0.351 e. The van der Waals surface area contributed by atoms with Crippen LogP contribution in [0.4, 0.5) is 4.79 Å². The van der Waals surface area contributed by atoms with E-state index in [9.17, 15) is 14.4 Å². The molecule has 8 heteroatoms. The molecule has 86 valence electrons.